The molecule has 0 spiro atoms. The molecule has 8 nitrogen and oxygen atoms in total. The van der Waals surface area contributed by atoms with Crippen LogP contribution >= 0.6 is 11.3 Å². The Kier molecular flexibility index (Phi) is 7.02. The van der Waals surface area contributed by atoms with Gasteiger partial charge in [-0.05, 0) is 42.7 Å². The van der Waals surface area contributed by atoms with Gasteiger partial charge in [0.15, 0.2) is 0 Å². The molecule has 0 atom stereocenters. The minimum atomic E-state index is -0.527. The van der Waals surface area contributed by atoms with Crippen molar-refractivity contribution in [2.24, 2.45) is 0 Å². The molecule has 1 aliphatic rings. The van der Waals surface area contributed by atoms with E-state index in [9.17, 15) is 14.4 Å². The molecule has 3 aromatic rings. The third-order valence-electron chi connectivity index (χ3n) is 5.62. The highest BCUT2D eigenvalue weighted by Gasteiger charge is 2.32. The predicted octanol–water partition coefficient (Wildman–Crippen LogP) is 4.85. The van der Waals surface area contributed by atoms with Crippen LogP contribution in [0.4, 0.5) is 9.80 Å². The second-order valence-corrected chi connectivity index (χ2v) is 8.72. The summed E-state index contributed by atoms with van der Waals surface area (Å²) in [4.78, 5) is 40.8. The average molecular weight is 483 g/mol. The summed E-state index contributed by atoms with van der Waals surface area (Å²) in [6.45, 7) is 5.02. The van der Waals surface area contributed by atoms with E-state index in [0.717, 1.165) is 21.2 Å². The van der Waals surface area contributed by atoms with Crippen LogP contribution < -0.4 is 10.1 Å². The standard InChI is InChI=1S/C25H26N2O6S/c1-4-32-18-11-10-15-8-6-7-9-16(15)20(18)22(28)26-23-21(24(29)31-3)17-12-13-27(14-19(17)34-23)25(30)33-5-2/h6-11H,4-5,12-14H2,1-3H3,(H,26,28). The molecule has 0 fully saturated rings. The van der Waals surface area contributed by atoms with E-state index in [2.05, 4.69) is 5.32 Å². The molecule has 9 heteroatoms. The van der Waals surface area contributed by atoms with E-state index in [1.54, 1.807) is 17.9 Å². The van der Waals surface area contributed by atoms with Crippen LogP contribution in [-0.2, 0) is 22.4 Å². The van der Waals surface area contributed by atoms with Crippen molar-refractivity contribution >= 4 is 45.1 Å². The number of esters is 1. The Morgan fingerprint density at radius 2 is 1.85 bits per heavy atom. The highest BCUT2D eigenvalue weighted by molar-refractivity contribution is 7.17. The Bertz CT molecular complexity index is 1250. The van der Waals surface area contributed by atoms with Crippen LogP contribution in [0.25, 0.3) is 10.8 Å². The van der Waals surface area contributed by atoms with Crippen LogP contribution in [0.2, 0.25) is 0 Å². The second kappa shape index (κ2) is 10.1. The van der Waals surface area contributed by atoms with Gasteiger partial charge < -0.3 is 24.4 Å². The molecule has 0 aliphatic carbocycles. The first-order valence-corrected chi connectivity index (χ1v) is 11.9. The molecule has 4 rings (SSSR count). The molecule has 2 aromatic carbocycles. The fraction of sp³-hybridized carbons (Fsp3) is 0.320. The lowest BCUT2D eigenvalue weighted by atomic mass is 10.0. The number of hydrogen-bond acceptors (Lipinski definition) is 7. The van der Waals surface area contributed by atoms with Gasteiger partial charge in [-0.1, -0.05) is 30.3 Å². The molecule has 34 heavy (non-hydrogen) atoms. The van der Waals surface area contributed by atoms with Crippen molar-refractivity contribution in [1.29, 1.82) is 0 Å². The molecule has 0 saturated heterocycles. The van der Waals surface area contributed by atoms with E-state index in [0.29, 0.717) is 48.0 Å². The minimum absolute atomic E-state index is 0.286. The maximum atomic E-state index is 13.5. The molecular formula is C25H26N2O6S. The van der Waals surface area contributed by atoms with E-state index in [1.807, 2.05) is 37.3 Å². The Balaban J connectivity index is 1.72. The molecule has 1 aromatic heterocycles. The molecule has 0 bridgehead atoms. The molecule has 0 saturated carbocycles. The van der Waals surface area contributed by atoms with Gasteiger partial charge in [-0.25, -0.2) is 9.59 Å². The summed E-state index contributed by atoms with van der Waals surface area (Å²) in [6.07, 6.45) is 0.0625. The summed E-state index contributed by atoms with van der Waals surface area (Å²) >= 11 is 1.27. The van der Waals surface area contributed by atoms with Crippen LogP contribution in [-0.4, -0.2) is 49.7 Å². The summed E-state index contributed by atoms with van der Waals surface area (Å²) < 4.78 is 15.9. The van der Waals surface area contributed by atoms with E-state index >= 15 is 0 Å². The van der Waals surface area contributed by atoms with E-state index in [4.69, 9.17) is 14.2 Å². The molecule has 2 amide bonds. The number of carbonyl (C=O) groups excluding carboxylic acids is 3. The molecule has 1 aliphatic heterocycles. The van der Waals surface area contributed by atoms with Crippen LogP contribution in [0, 0.1) is 0 Å². The molecule has 2 heterocycles. The SMILES string of the molecule is CCOC(=O)N1CCc2c(sc(NC(=O)c3c(OCC)ccc4ccccc34)c2C(=O)OC)C1. The number of amides is 2. The van der Waals surface area contributed by atoms with Gasteiger partial charge in [0, 0.05) is 11.4 Å². The number of nitrogens with zero attached hydrogens (tertiary/aromatic N) is 1. The Hall–Kier alpha value is -3.59. The molecule has 178 valence electrons. The minimum Gasteiger partial charge on any atom is -0.493 e. The van der Waals surface area contributed by atoms with Crippen LogP contribution in [0.5, 0.6) is 5.75 Å². The number of carbonyl (C=O) groups is 3. The number of fused-ring (bicyclic) bond motifs is 2. The lowest BCUT2D eigenvalue weighted by Crippen LogP contribution is -2.36. The van der Waals surface area contributed by atoms with Crippen molar-refractivity contribution in [3.8, 4) is 5.75 Å². The highest BCUT2D eigenvalue weighted by Crippen LogP contribution is 2.39. The summed E-state index contributed by atoms with van der Waals surface area (Å²) in [6, 6.07) is 11.2. The number of benzene rings is 2. The van der Waals surface area contributed by atoms with Crippen LogP contribution in [0.15, 0.2) is 36.4 Å². The first-order valence-electron chi connectivity index (χ1n) is 11.1. The van der Waals surface area contributed by atoms with E-state index in [-0.39, 0.29) is 12.5 Å². The largest absolute Gasteiger partial charge is 0.493 e. The number of ether oxygens (including phenoxy) is 3. The van der Waals surface area contributed by atoms with Crippen molar-refractivity contribution < 1.29 is 28.6 Å². The van der Waals surface area contributed by atoms with Gasteiger partial charge in [-0.3, -0.25) is 4.79 Å². The number of rotatable bonds is 6. The zero-order valence-electron chi connectivity index (χ0n) is 19.3. The Morgan fingerprint density at radius 3 is 2.59 bits per heavy atom. The van der Waals surface area contributed by atoms with Crippen molar-refractivity contribution in [3.05, 3.63) is 58.0 Å². The van der Waals surface area contributed by atoms with Gasteiger partial charge in [-0.2, -0.15) is 0 Å². The predicted molar refractivity (Wildman–Crippen MR) is 130 cm³/mol. The maximum absolute atomic E-state index is 13.5. The van der Waals surface area contributed by atoms with Gasteiger partial charge >= 0.3 is 12.1 Å². The number of hydrogen-bond donors (Lipinski definition) is 1. The quantitative estimate of drug-likeness (QED) is 0.505. The second-order valence-electron chi connectivity index (χ2n) is 7.62. The zero-order valence-corrected chi connectivity index (χ0v) is 20.1. The van der Waals surface area contributed by atoms with E-state index < -0.39 is 12.1 Å². The molecular weight excluding hydrogens is 456 g/mol. The number of methoxy groups -OCH3 is 1. The van der Waals surface area contributed by atoms with Crippen LogP contribution in [0.3, 0.4) is 0 Å². The zero-order chi connectivity index (χ0) is 24.2. The maximum Gasteiger partial charge on any atom is 0.410 e. The fourth-order valence-corrected chi connectivity index (χ4v) is 5.35. The number of nitrogens with one attached hydrogen (secondary N) is 1. The van der Waals surface area contributed by atoms with Gasteiger partial charge in [-0.15, -0.1) is 11.3 Å². The summed E-state index contributed by atoms with van der Waals surface area (Å²) in [7, 11) is 1.31. The van der Waals surface area contributed by atoms with E-state index in [1.165, 1.54) is 18.4 Å². The third-order valence-corrected chi connectivity index (χ3v) is 6.75. The molecule has 0 unspecified atom stereocenters. The van der Waals surface area contributed by atoms with Crippen molar-refractivity contribution in [2.45, 2.75) is 26.8 Å². The topological polar surface area (TPSA) is 94.2 Å². The van der Waals surface area contributed by atoms with Crippen molar-refractivity contribution in [1.82, 2.24) is 4.90 Å². The highest BCUT2D eigenvalue weighted by atomic mass is 32.1. The lowest BCUT2D eigenvalue weighted by molar-refractivity contribution is 0.0600. The smallest absolute Gasteiger partial charge is 0.410 e. The summed E-state index contributed by atoms with van der Waals surface area (Å²) in [5, 5.41) is 4.97. The number of anilines is 1. The van der Waals surface area contributed by atoms with Gasteiger partial charge in [0.2, 0.25) is 0 Å². The Labute approximate surface area is 201 Å². The lowest BCUT2D eigenvalue weighted by Gasteiger charge is -2.26. The summed E-state index contributed by atoms with van der Waals surface area (Å²) in [5.74, 6) is -0.445. The molecule has 0 radical (unpaired) electrons. The first-order chi connectivity index (χ1) is 16.5. The fourth-order valence-electron chi connectivity index (χ4n) is 4.11. The van der Waals surface area contributed by atoms with Gasteiger partial charge in [0.1, 0.15) is 10.8 Å². The van der Waals surface area contributed by atoms with Crippen molar-refractivity contribution in [2.75, 3.05) is 32.2 Å². The number of thiophene rings is 1. The summed E-state index contributed by atoms with van der Waals surface area (Å²) in [5.41, 5.74) is 1.52. The van der Waals surface area contributed by atoms with Gasteiger partial charge in [0.25, 0.3) is 5.91 Å². The monoisotopic (exact) mass is 482 g/mol. The first kappa shape index (κ1) is 23.6. The van der Waals surface area contributed by atoms with Crippen LogP contribution in [0.1, 0.15) is 45.0 Å². The normalized spacial score (nSPS) is 12.7. The van der Waals surface area contributed by atoms with Gasteiger partial charge in [0.05, 0.1) is 38.0 Å². The average Bonchev–Trinajstić information content (AvgIpc) is 3.20. The molecule has 1 N–H and O–H groups in total. The van der Waals surface area contributed by atoms with Crippen molar-refractivity contribution in [3.63, 3.8) is 0 Å². The third kappa shape index (κ3) is 4.43. The Morgan fingerprint density at radius 1 is 1.06 bits per heavy atom.